The first-order valence-electron chi connectivity index (χ1n) is 9.49. The van der Waals surface area contributed by atoms with Crippen molar-refractivity contribution in [3.8, 4) is 0 Å². The number of nitrogens with zero attached hydrogens (tertiary/aromatic N) is 1. The molecule has 1 N–H and O–H groups in total. The van der Waals surface area contributed by atoms with Gasteiger partial charge in [-0.05, 0) is 55.7 Å². The van der Waals surface area contributed by atoms with Crippen LogP contribution in [0.5, 0.6) is 0 Å². The van der Waals surface area contributed by atoms with Crippen molar-refractivity contribution in [1.82, 2.24) is 10.2 Å². The summed E-state index contributed by atoms with van der Waals surface area (Å²) in [5.74, 6) is -0.351. The number of rotatable bonds is 8. The molecule has 0 aromatic heterocycles. The van der Waals surface area contributed by atoms with Gasteiger partial charge in [-0.2, -0.15) is 0 Å². The first-order chi connectivity index (χ1) is 13.7. The third-order valence-electron chi connectivity index (χ3n) is 4.79. The van der Waals surface area contributed by atoms with Gasteiger partial charge in [0.05, 0.1) is 6.42 Å². The van der Waals surface area contributed by atoms with E-state index in [1.165, 1.54) is 0 Å². The Bertz CT molecular complexity index is 858. The lowest BCUT2D eigenvalue weighted by molar-refractivity contribution is -0.140. The molecule has 156 valence electrons. The minimum Gasteiger partial charge on any atom is -0.352 e. The Morgan fingerprint density at radius 2 is 1.76 bits per heavy atom. The minimum atomic E-state index is -0.619. The normalized spacial score (nSPS) is 12.9. The molecule has 0 aliphatic rings. The molecule has 0 saturated heterocycles. The average molecular weight is 500 g/mol. The molecule has 0 fully saturated rings. The maximum absolute atomic E-state index is 13.2. The van der Waals surface area contributed by atoms with Gasteiger partial charge in [-0.3, -0.25) is 9.59 Å². The summed E-state index contributed by atoms with van der Waals surface area (Å²) in [6, 6.07) is 12.2. The molecule has 7 heteroatoms. The fraction of sp³-hybridized carbons (Fsp3) is 0.364. The molecule has 2 rings (SSSR count). The maximum atomic E-state index is 13.2. The SMILES string of the molecule is CC[C@H](C)NC(=O)[C@H](C)N(Cc1ccc(Br)cc1)C(=O)Cc1ccc(Cl)cc1Cl. The van der Waals surface area contributed by atoms with Crippen LogP contribution in [0.2, 0.25) is 10.0 Å². The van der Waals surface area contributed by atoms with Crippen LogP contribution in [0.25, 0.3) is 0 Å². The highest BCUT2D eigenvalue weighted by molar-refractivity contribution is 9.10. The highest BCUT2D eigenvalue weighted by Crippen LogP contribution is 2.23. The number of halogens is 3. The summed E-state index contributed by atoms with van der Waals surface area (Å²) < 4.78 is 0.953. The Morgan fingerprint density at radius 3 is 2.34 bits per heavy atom. The van der Waals surface area contributed by atoms with E-state index >= 15 is 0 Å². The topological polar surface area (TPSA) is 49.4 Å². The molecule has 0 bridgehead atoms. The van der Waals surface area contributed by atoms with Gasteiger partial charge in [0.2, 0.25) is 11.8 Å². The number of hydrogen-bond donors (Lipinski definition) is 1. The molecule has 2 atom stereocenters. The number of hydrogen-bond acceptors (Lipinski definition) is 2. The van der Waals surface area contributed by atoms with Crippen molar-refractivity contribution in [2.45, 2.75) is 52.2 Å². The van der Waals surface area contributed by atoms with Crippen molar-refractivity contribution < 1.29 is 9.59 Å². The van der Waals surface area contributed by atoms with Crippen molar-refractivity contribution in [3.63, 3.8) is 0 Å². The monoisotopic (exact) mass is 498 g/mol. The van der Waals surface area contributed by atoms with Gasteiger partial charge in [0.15, 0.2) is 0 Å². The van der Waals surface area contributed by atoms with Crippen molar-refractivity contribution in [3.05, 3.63) is 68.1 Å². The Morgan fingerprint density at radius 1 is 1.10 bits per heavy atom. The quantitative estimate of drug-likeness (QED) is 0.511. The van der Waals surface area contributed by atoms with E-state index in [-0.39, 0.29) is 24.3 Å². The molecule has 2 aromatic carbocycles. The minimum absolute atomic E-state index is 0.0419. The highest BCUT2D eigenvalue weighted by Gasteiger charge is 2.27. The first-order valence-corrected chi connectivity index (χ1v) is 11.0. The Hall–Kier alpha value is -1.56. The predicted molar refractivity (Wildman–Crippen MR) is 122 cm³/mol. The van der Waals surface area contributed by atoms with Gasteiger partial charge < -0.3 is 10.2 Å². The summed E-state index contributed by atoms with van der Waals surface area (Å²) in [6.07, 6.45) is 0.910. The number of nitrogens with one attached hydrogen (secondary N) is 1. The second-order valence-electron chi connectivity index (χ2n) is 7.05. The van der Waals surface area contributed by atoms with Crippen molar-refractivity contribution in [2.75, 3.05) is 0 Å². The number of carbonyl (C=O) groups excluding carboxylic acids is 2. The molecule has 0 radical (unpaired) electrons. The van der Waals surface area contributed by atoms with E-state index in [1.54, 1.807) is 30.0 Å². The number of benzene rings is 2. The van der Waals surface area contributed by atoms with E-state index < -0.39 is 6.04 Å². The van der Waals surface area contributed by atoms with Crippen LogP contribution in [0.15, 0.2) is 46.9 Å². The van der Waals surface area contributed by atoms with Gasteiger partial charge >= 0.3 is 0 Å². The summed E-state index contributed by atoms with van der Waals surface area (Å²) in [7, 11) is 0. The Kier molecular flexibility index (Phi) is 9.00. The van der Waals surface area contributed by atoms with E-state index in [9.17, 15) is 9.59 Å². The average Bonchev–Trinajstić information content (AvgIpc) is 2.68. The van der Waals surface area contributed by atoms with Crippen LogP contribution in [0.3, 0.4) is 0 Å². The summed E-state index contributed by atoms with van der Waals surface area (Å²) in [5, 5.41) is 3.91. The van der Waals surface area contributed by atoms with Crippen LogP contribution in [-0.4, -0.2) is 28.8 Å². The summed E-state index contributed by atoms with van der Waals surface area (Å²) in [6.45, 7) is 6.02. The van der Waals surface area contributed by atoms with E-state index in [0.29, 0.717) is 22.2 Å². The second kappa shape index (κ2) is 11.0. The van der Waals surface area contributed by atoms with Gasteiger partial charge in [-0.15, -0.1) is 0 Å². The molecule has 0 spiro atoms. The van der Waals surface area contributed by atoms with Crippen LogP contribution >= 0.6 is 39.1 Å². The van der Waals surface area contributed by atoms with Crippen LogP contribution in [0.1, 0.15) is 38.3 Å². The van der Waals surface area contributed by atoms with E-state index in [0.717, 1.165) is 16.5 Å². The maximum Gasteiger partial charge on any atom is 0.242 e. The molecule has 0 aliphatic carbocycles. The van der Waals surface area contributed by atoms with Gasteiger partial charge in [-0.1, -0.05) is 64.3 Å². The summed E-state index contributed by atoms with van der Waals surface area (Å²) in [5.41, 5.74) is 1.61. The second-order valence-corrected chi connectivity index (χ2v) is 8.81. The van der Waals surface area contributed by atoms with Crippen LogP contribution in [0, 0.1) is 0 Å². The number of carbonyl (C=O) groups is 2. The fourth-order valence-electron chi connectivity index (χ4n) is 2.76. The molecule has 2 aromatic rings. The van der Waals surface area contributed by atoms with E-state index in [2.05, 4.69) is 21.2 Å². The van der Waals surface area contributed by atoms with Crippen molar-refractivity contribution in [2.24, 2.45) is 0 Å². The summed E-state index contributed by atoms with van der Waals surface area (Å²) in [4.78, 5) is 27.5. The van der Waals surface area contributed by atoms with Gasteiger partial charge in [0.1, 0.15) is 6.04 Å². The van der Waals surface area contributed by atoms with E-state index in [4.69, 9.17) is 23.2 Å². The van der Waals surface area contributed by atoms with Crippen molar-refractivity contribution >= 4 is 50.9 Å². The predicted octanol–water partition coefficient (Wildman–Crippen LogP) is 5.63. The Balaban J connectivity index is 2.25. The Labute approximate surface area is 190 Å². The largest absolute Gasteiger partial charge is 0.352 e. The molecular formula is C22H25BrCl2N2O2. The van der Waals surface area contributed by atoms with Crippen LogP contribution < -0.4 is 5.32 Å². The molecule has 2 amide bonds. The van der Waals surface area contributed by atoms with E-state index in [1.807, 2.05) is 38.1 Å². The lowest BCUT2D eigenvalue weighted by atomic mass is 10.1. The fourth-order valence-corrected chi connectivity index (χ4v) is 3.50. The third-order valence-corrected chi connectivity index (χ3v) is 5.91. The standard InChI is InChI=1S/C22H25BrCl2N2O2/c1-4-14(2)26-22(29)15(3)27(13-16-5-8-18(23)9-6-16)21(28)11-17-7-10-19(24)12-20(17)25/h5-10,12,14-15H,4,11,13H2,1-3H3,(H,26,29)/t14-,15-/m0/s1. The smallest absolute Gasteiger partial charge is 0.242 e. The molecule has 0 aliphatic heterocycles. The first kappa shape index (κ1) is 23.7. The third kappa shape index (κ3) is 7.02. The van der Waals surface area contributed by atoms with Crippen LogP contribution in [-0.2, 0) is 22.6 Å². The van der Waals surface area contributed by atoms with Crippen LogP contribution in [0.4, 0.5) is 0 Å². The zero-order valence-corrected chi connectivity index (χ0v) is 19.8. The molecule has 0 heterocycles. The molecule has 0 saturated carbocycles. The van der Waals surface area contributed by atoms with Gasteiger partial charge in [0, 0.05) is 27.1 Å². The molecule has 0 unspecified atom stereocenters. The lowest BCUT2D eigenvalue weighted by Crippen LogP contribution is -2.49. The van der Waals surface area contributed by atoms with Crippen molar-refractivity contribution in [1.29, 1.82) is 0 Å². The lowest BCUT2D eigenvalue weighted by Gasteiger charge is -2.30. The zero-order valence-electron chi connectivity index (χ0n) is 16.7. The molecule has 29 heavy (non-hydrogen) atoms. The zero-order chi connectivity index (χ0) is 21.6. The molecular weight excluding hydrogens is 475 g/mol. The van der Waals surface area contributed by atoms with Gasteiger partial charge in [0.25, 0.3) is 0 Å². The summed E-state index contributed by atoms with van der Waals surface area (Å²) >= 11 is 15.6. The number of amides is 2. The molecule has 4 nitrogen and oxygen atoms in total. The van der Waals surface area contributed by atoms with Gasteiger partial charge in [-0.25, -0.2) is 0 Å². The highest BCUT2D eigenvalue weighted by atomic mass is 79.9.